The summed E-state index contributed by atoms with van der Waals surface area (Å²) in [5.41, 5.74) is 0.882. The summed E-state index contributed by atoms with van der Waals surface area (Å²) < 4.78 is 12.6. The highest BCUT2D eigenvalue weighted by Gasteiger charge is 1.99. The molecule has 0 aliphatic carbocycles. The monoisotopic (exact) mass is 224 g/mol. The molecule has 0 saturated heterocycles. The number of benzene rings is 1. The number of unbranched alkanes of at least 4 members (excludes halogenated alkanes) is 1. The Bertz CT molecular complexity index is 324. The zero-order valence-electron chi connectivity index (χ0n) is 9.42. The Hall–Kier alpha value is -1.58. The van der Waals surface area contributed by atoms with Gasteiger partial charge in [-0.25, -0.2) is 9.18 Å². The van der Waals surface area contributed by atoms with Gasteiger partial charge in [-0.15, -0.1) is 0 Å². The van der Waals surface area contributed by atoms with Crippen molar-refractivity contribution in [3.63, 3.8) is 0 Å². The molecular weight excluding hydrogens is 207 g/mol. The fourth-order valence-corrected chi connectivity index (χ4v) is 1.23. The minimum absolute atomic E-state index is 0.183. The lowest BCUT2D eigenvalue weighted by Crippen LogP contribution is -2.35. The van der Waals surface area contributed by atoms with E-state index in [1.165, 1.54) is 12.1 Å². The van der Waals surface area contributed by atoms with E-state index in [9.17, 15) is 9.18 Å². The van der Waals surface area contributed by atoms with Gasteiger partial charge < -0.3 is 10.6 Å². The number of rotatable bonds is 5. The SMILES string of the molecule is CCCCNC(=O)NCc1ccc(F)cc1. The van der Waals surface area contributed by atoms with Gasteiger partial charge in [0.1, 0.15) is 5.82 Å². The van der Waals surface area contributed by atoms with E-state index < -0.39 is 0 Å². The fourth-order valence-electron chi connectivity index (χ4n) is 1.23. The number of hydrogen-bond acceptors (Lipinski definition) is 1. The van der Waals surface area contributed by atoms with Gasteiger partial charge in [0.25, 0.3) is 0 Å². The van der Waals surface area contributed by atoms with E-state index in [0.29, 0.717) is 13.1 Å². The van der Waals surface area contributed by atoms with E-state index in [-0.39, 0.29) is 11.8 Å². The molecule has 0 radical (unpaired) electrons. The summed E-state index contributed by atoms with van der Waals surface area (Å²) in [6.45, 7) is 3.17. The van der Waals surface area contributed by atoms with Crippen molar-refractivity contribution < 1.29 is 9.18 Å². The van der Waals surface area contributed by atoms with Crippen LogP contribution in [0, 0.1) is 5.82 Å². The number of carbonyl (C=O) groups excluding carboxylic acids is 1. The van der Waals surface area contributed by atoms with Crippen LogP contribution in [0.25, 0.3) is 0 Å². The molecule has 0 saturated carbocycles. The highest BCUT2D eigenvalue weighted by molar-refractivity contribution is 5.73. The molecule has 1 rings (SSSR count). The van der Waals surface area contributed by atoms with Crippen molar-refractivity contribution in [3.8, 4) is 0 Å². The zero-order chi connectivity index (χ0) is 11.8. The topological polar surface area (TPSA) is 41.1 Å². The number of amides is 2. The van der Waals surface area contributed by atoms with Gasteiger partial charge in [0.05, 0.1) is 0 Å². The first-order valence-electron chi connectivity index (χ1n) is 5.48. The number of nitrogens with one attached hydrogen (secondary N) is 2. The molecular formula is C12H17FN2O. The Morgan fingerprint density at radius 1 is 1.25 bits per heavy atom. The highest BCUT2D eigenvalue weighted by atomic mass is 19.1. The molecule has 4 heteroatoms. The maximum absolute atomic E-state index is 12.6. The van der Waals surface area contributed by atoms with Crippen LogP contribution >= 0.6 is 0 Å². The molecule has 88 valence electrons. The van der Waals surface area contributed by atoms with Gasteiger partial charge in [-0.1, -0.05) is 25.5 Å². The molecule has 0 aromatic heterocycles. The molecule has 16 heavy (non-hydrogen) atoms. The smallest absolute Gasteiger partial charge is 0.315 e. The lowest BCUT2D eigenvalue weighted by molar-refractivity contribution is 0.240. The maximum Gasteiger partial charge on any atom is 0.315 e. The molecule has 0 fully saturated rings. The average Bonchev–Trinajstić information content (AvgIpc) is 2.29. The van der Waals surface area contributed by atoms with E-state index in [2.05, 4.69) is 17.6 Å². The zero-order valence-corrected chi connectivity index (χ0v) is 9.42. The van der Waals surface area contributed by atoms with Gasteiger partial charge in [0.15, 0.2) is 0 Å². The first kappa shape index (κ1) is 12.5. The van der Waals surface area contributed by atoms with Gasteiger partial charge in [-0.2, -0.15) is 0 Å². The third-order valence-corrected chi connectivity index (χ3v) is 2.18. The maximum atomic E-state index is 12.6. The predicted octanol–water partition coefficient (Wildman–Crippen LogP) is 2.43. The second-order valence-electron chi connectivity index (χ2n) is 3.59. The van der Waals surface area contributed by atoms with E-state index in [1.807, 2.05) is 0 Å². The van der Waals surface area contributed by atoms with Crippen LogP contribution in [0.2, 0.25) is 0 Å². The predicted molar refractivity (Wildman–Crippen MR) is 61.5 cm³/mol. The third-order valence-electron chi connectivity index (χ3n) is 2.18. The number of hydrogen-bond donors (Lipinski definition) is 2. The van der Waals surface area contributed by atoms with Gasteiger partial charge in [-0.05, 0) is 24.1 Å². The van der Waals surface area contributed by atoms with Crippen molar-refractivity contribution in [2.24, 2.45) is 0 Å². The molecule has 0 unspecified atom stereocenters. The minimum Gasteiger partial charge on any atom is -0.338 e. The van der Waals surface area contributed by atoms with E-state index >= 15 is 0 Å². The summed E-state index contributed by atoms with van der Waals surface area (Å²) in [5, 5.41) is 5.45. The van der Waals surface area contributed by atoms with Crippen LogP contribution in [-0.2, 0) is 6.54 Å². The van der Waals surface area contributed by atoms with Gasteiger partial charge in [0.2, 0.25) is 0 Å². The van der Waals surface area contributed by atoms with Crippen LogP contribution in [0.4, 0.5) is 9.18 Å². The second-order valence-corrected chi connectivity index (χ2v) is 3.59. The molecule has 3 nitrogen and oxygen atoms in total. The molecule has 0 aliphatic rings. The third kappa shape index (κ3) is 4.77. The van der Waals surface area contributed by atoms with Crippen LogP contribution in [0.3, 0.4) is 0 Å². The van der Waals surface area contributed by atoms with Crippen molar-refractivity contribution in [3.05, 3.63) is 35.6 Å². The van der Waals surface area contributed by atoms with Crippen LogP contribution < -0.4 is 10.6 Å². The van der Waals surface area contributed by atoms with Crippen molar-refractivity contribution >= 4 is 6.03 Å². The molecule has 2 amide bonds. The summed E-state index contributed by atoms with van der Waals surface area (Å²) in [6.07, 6.45) is 2.03. The van der Waals surface area contributed by atoms with E-state index in [0.717, 1.165) is 18.4 Å². The van der Waals surface area contributed by atoms with Gasteiger partial charge in [0, 0.05) is 13.1 Å². The van der Waals surface area contributed by atoms with Crippen molar-refractivity contribution in [1.29, 1.82) is 0 Å². The lowest BCUT2D eigenvalue weighted by Gasteiger charge is -2.06. The van der Waals surface area contributed by atoms with E-state index in [4.69, 9.17) is 0 Å². The number of urea groups is 1. The Morgan fingerprint density at radius 2 is 1.94 bits per heavy atom. The van der Waals surface area contributed by atoms with Crippen LogP contribution in [0.5, 0.6) is 0 Å². The van der Waals surface area contributed by atoms with E-state index in [1.54, 1.807) is 12.1 Å². The normalized spacial score (nSPS) is 9.88. The second kappa shape index (κ2) is 6.82. The Balaban J connectivity index is 2.23. The van der Waals surface area contributed by atoms with Gasteiger partial charge >= 0.3 is 6.03 Å². The summed E-state index contributed by atoms with van der Waals surface area (Å²) in [6, 6.07) is 5.89. The molecule has 0 heterocycles. The van der Waals surface area contributed by atoms with Crippen molar-refractivity contribution in [2.45, 2.75) is 26.3 Å². The largest absolute Gasteiger partial charge is 0.338 e. The molecule has 0 atom stereocenters. The molecule has 0 spiro atoms. The molecule has 1 aromatic carbocycles. The van der Waals surface area contributed by atoms with Crippen molar-refractivity contribution in [1.82, 2.24) is 10.6 Å². The Kier molecular flexibility index (Phi) is 5.32. The van der Waals surface area contributed by atoms with Crippen molar-refractivity contribution in [2.75, 3.05) is 6.54 Å². The summed E-state index contributed by atoms with van der Waals surface area (Å²) in [5.74, 6) is -0.267. The van der Waals surface area contributed by atoms with Crippen LogP contribution in [0.15, 0.2) is 24.3 Å². The minimum atomic E-state index is -0.267. The summed E-state index contributed by atoms with van der Waals surface area (Å²) in [4.78, 5) is 11.3. The molecule has 0 aliphatic heterocycles. The lowest BCUT2D eigenvalue weighted by atomic mass is 10.2. The standard InChI is InChI=1S/C12H17FN2O/c1-2-3-8-14-12(16)15-9-10-4-6-11(13)7-5-10/h4-7H,2-3,8-9H2,1H3,(H2,14,15,16). The quantitative estimate of drug-likeness (QED) is 0.741. The van der Waals surface area contributed by atoms with Crippen LogP contribution in [-0.4, -0.2) is 12.6 Å². The van der Waals surface area contributed by atoms with Gasteiger partial charge in [-0.3, -0.25) is 0 Å². The highest BCUT2D eigenvalue weighted by Crippen LogP contribution is 2.01. The summed E-state index contributed by atoms with van der Waals surface area (Å²) in [7, 11) is 0. The molecule has 0 bridgehead atoms. The molecule has 1 aromatic rings. The summed E-state index contributed by atoms with van der Waals surface area (Å²) >= 11 is 0. The first-order valence-corrected chi connectivity index (χ1v) is 5.48. The first-order chi connectivity index (χ1) is 7.72. The average molecular weight is 224 g/mol. The Labute approximate surface area is 95.0 Å². The molecule has 2 N–H and O–H groups in total. The fraction of sp³-hybridized carbons (Fsp3) is 0.417. The van der Waals surface area contributed by atoms with Crippen LogP contribution in [0.1, 0.15) is 25.3 Å². The number of halogens is 1. The number of carbonyl (C=O) groups is 1. The Morgan fingerprint density at radius 3 is 2.56 bits per heavy atom.